The van der Waals surface area contributed by atoms with E-state index in [0.29, 0.717) is 6.04 Å². The molecule has 0 aliphatic heterocycles. The Hall–Kier alpha value is -0.820. The average molecular weight is 231 g/mol. The zero-order valence-electron chi connectivity index (χ0n) is 11.2. The third-order valence-electron chi connectivity index (χ3n) is 4.24. The predicted octanol–water partition coefficient (Wildman–Crippen LogP) is 3.88. The molecular formula is C16H25N. The molecule has 0 radical (unpaired) electrons. The highest BCUT2D eigenvalue weighted by molar-refractivity contribution is 5.26. The van der Waals surface area contributed by atoms with Gasteiger partial charge in [-0.15, -0.1) is 0 Å². The molecule has 1 unspecified atom stereocenters. The molecule has 1 aliphatic rings. The van der Waals surface area contributed by atoms with Crippen molar-refractivity contribution in [2.45, 2.75) is 57.4 Å². The minimum atomic E-state index is 0.668. The van der Waals surface area contributed by atoms with Gasteiger partial charge in [-0.3, -0.25) is 0 Å². The standard InChI is InChI=1S/C16H25N/c1-3-16(17-2)12-9-13-7-10-15(11-8-13)14-5-4-6-14/h7-8,10-11,14,16-17H,3-6,9,12H2,1-2H3. The maximum atomic E-state index is 3.37. The summed E-state index contributed by atoms with van der Waals surface area (Å²) in [5.74, 6) is 0.866. The highest BCUT2D eigenvalue weighted by atomic mass is 14.9. The molecule has 0 aromatic heterocycles. The topological polar surface area (TPSA) is 12.0 Å². The lowest BCUT2D eigenvalue weighted by Gasteiger charge is -2.25. The number of hydrogen-bond acceptors (Lipinski definition) is 1. The van der Waals surface area contributed by atoms with E-state index in [-0.39, 0.29) is 0 Å². The van der Waals surface area contributed by atoms with Gasteiger partial charge in [0.25, 0.3) is 0 Å². The maximum Gasteiger partial charge on any atom is 0.00646 e. The Bertz CT molecular complexity index is 320. The Morgan fingerprint density at radius 1 is 1.24 bits per heavy atom. The van der Waals surface area contributed by atoms with Gasteiger partial charge in [0, 0.05) is 6.04 Å². The molecule has 17 heavy (non-hydrogen) atoms. The zero-order valence-corrected chi connectivity index (χ0v) is 11.2. The van der Waals surface area contributed by atoms with Gasteiger partial charge in [-0.2, -0.15) is 0 Å². The van der Waals surface area contributed by atoms with Crippen LogP contribution in [0.4, 0.5) is 0 Å². The molecule has 1 fully saturated rings. The van der Waals surface area contributed by atoms with E-state index in [1.807, 2.05) is 0 Å². The molecule has 1 aromatic carbocycles. The predicted molar refractivity (Wildman–Crippen MR) is 74.5 cm³/mol. The number of hydrogen-bond donors (Lipinski definition) is 1. The summed E-state index contributed by atoms with van der Waals surface area (Å²) >= 11 is 0. The van der Waals surface area contributed by atoms with Gasteiger partial charge in [-0.25, -0.2) is 0 Å². The van der Waals surface area contributed by atoms with Crippen LogP contribution in [0.1, 0.15) is 56.1 Å². The number of benzene rings is 1. The number of rotatable bonds is 6. The first-order chi connectivity index (χ1) is 8.33. The lowest BCUT2D eigenvalue weighted by Crippen LogP contribution is -2.24. The molecule has 0 heterocycles. The smallest absolute Gasteiger partial charge is 0.00646 e. The first-order valence-electron chi connectivity index (χ1n) is 7.09. The Morgan fingerprint density at radius 3 is 2.41 bits per heavy atom. The molecule has 1 nitrogen and oxygen atoms in total. The van der Waals surface area contributed by atoms with Crippen molar-refractivity contribution in [2.75, 3.05) is 7.05 Å². The summed E-state index contributed by atoms with van der Waals surface area (Å²) in [6, 6.07) is 10.0. The van der Waals surface area contributed by atoms with Gasteiger partial charge in [0.05, 0.1) is 0 Å². The first kappa shape index (κ1) is 12.6. The molecule has 2 rings (SSSR count). The SMILES string of the molecule is CCC(CCc1ccc(C2CCC2)cc1)NC. The van der Waals surface area contributed by atoms with Gasteiger partial charge in [0.1, 0.15) is 0 Å². The highest BCUT2D eigenvalue weighted by Crippen LogP contribution is 2.36. The summed E-state index contributed by atoms with van der Waals surface area (Å²) in [6.45, 7) is 2.25. The fourth-order valence-corrected chi connectivity index (χ4v) is 2.59. The monoisotopic (exact) mass is 231 g/mol. The molecule has 0 saturated heterocycles. The molecule has 0 bridgehead atoms. The summed E-state index contributed by atoms with van der Waals surface area (Å²) in [4.78, 5) is 0. The van der Waals surface area contributed by atoms with E-state index in [2.05, 4.69) is 43.6 Å². The molecule has 1 heteroatoms. The van der Waals surface area contributed by atoms with Crippen molar-refractivity contribution in [3.05, 3.63) is 35.4 Å². The molecular weight excluding hydrogens is 206 g/mol. The molecule has 1 N–H and O–H groups in total. The van der Waals surface area contributed by atoms with Gasteiger partial charge >= 0.3 is 0 Å². The summed E-state index contributed by atoms with van der Waals surface area (Å²) < 4.78 is 0. The second kappa shape index (κ2) is 6.20. The quantitative estimate of drug-likeness (QED) is 0.783. The van der Waals surface area contributed by atoms with Gasteiger partial charge < -0.3 is 5.32 Å². The Morgan fingerprint density at radius 2 is 1.94 bits per heavy atom. The van der Waals surface area contributed by atoms with Crippen LogP contribution < -0.4 is 5.32 Å². The normalized spacial score (nSPS) is 17.8. The van der Waals surface area contributed by atoms with Crippen LogP contribution in [0.15, 0.2) is 24.3 Å². The van der Waals surface area contributed by atoms with Crippen LogP contribution in [-0.4, -0.2) is 13.1 Å². The van der Waals surface area contributed by atoms with Crippen LogP contribution in [0.5, 0.6) is 0 Å². The van der Waals surface area contributed by atoms with Crippen molar-refractivity contribution in [3.8, 4) is 0 Å². The molecule has 1 aliphatic carbocycles. The first-order valence-corrected chi connectivity index (χ1v) is 7.09. The van der Waals surface area contributed by atoms with Crippen molar-refractivity contribution < 1.29 is 0 Å². The molecule has 0 amide bonds. The van der Waals surface area contributed by atoms with Crippen LogP contribution in [-0.2, 0) is 6.42 Å². The summed E-state index contributed by atoms with van der Waals surface area (Å²) in [7, 11) is 2.06. The Kier molecular flexibility index (Phi) is 4.61. The highest BCUT2D eigenvalue weighted by Gasteiger charge is 2.18. The van der Waals surface area contributed by atoms with E-state index in [1.165, 1.54) is 44.1 Å². The molecule has 1 aromatic rings. The van der Waals surface area contributed by atoms with Crippen molar-refractivity contribution in [1.82, 2.24) is 5.32 Å². The third kappa shape index (κ3) is 3.32. The van der Waals surface area contributed by atoms with Crippen molar-refractivity contribution >= 4 is 0 Å². The van der Waals surface area contributed by atoms with Crippen molar-refractivity contribution in [3.63, 3.8) is 0 Å². The van der Waals surface area contributed by atoms with Crippen LogP contribution in [0.3, 0.4) is 0 Å². The summed E-state index contributed by atoms with van der Waals surface area (Å²) in [6.07, 6.45) is 7.89. The summed E-state index contributed by atoms with van der Waals surface area (Å²) in [5.41, 5.74) is 3.04. The van der Waals surface area contributed by atoms with Crippen molar-refractivity contribution in [2.24, 2.45) is 0 Å². The van der Waals surface area contributed by atoms with E-state index in [9.17, 15) is 0 Å². The van der Waals surface area contributed by atoms with Crippen LogP contribution in [0.25, 0.3) is 0 Å². The fourth-order valence-electron chi connectivity index (χ4n) is 2.59. The second-order valence-corrected chi connectivity index (χ2v) is 5.30. The van der Waals surface area contributed by atoms with Crippen LogP contribution in [0.2, 0.25) is 0 Å². The number of nitrogens with one attached hydrogen (secondary N) is 1. The minimum Gasteiger partial charge on any atom is -0.317 e. The molecule has 1 atom stereocenters. The molecule has 0 spiro atoms. The van der Waals surface area contributed by atoms with Crippen LogP contribution in [0, 0.1) is 0 Å². The van der Waals surface area contributed by atoms with Gasteiger partial charge in [-0.05, 0) is 56.2 Å². The summed E-state index contributed by atoms with van der Waals surface area (Å²) in [5, 5.41) is 3.37. The molecule has 1 saturated carbocycles. The van der Waals surface area contributed by atoms with Gasteiger partial charge in [0.15, 0.2) is 0 Å². The van der Waals surface area contributed by atoms with E-state index in [1.54, 1.807) is 5.56 Å². The zero-order chi connectivity index (χ0) is 12.1. The Labute approximate surface area is 106 Å². The van der Waals surface area contributed by atoms with E-state index in [4.69, 9.17) is 0 Å². The van der Waals surface area contributed by atoms with Gasteiger partial charge in [-0.1, -0.05) is 37.6 Å². The number of aryl methyl sites for hydroxylation is 1. The van der Waals surface area contributed by atoms with Crippen molar-refractivity contribution in [1.29, 1.82) is 0 Å². The van der Waals surface area contributed by atoms with E-state index in [0.717, 1.165) is 5.92 Å². The van der Waals surface area contributed by atoms with E-state index < -0.39 is 0 Å². The fraction of sp³-hybridized carbons (Fsp3) is 0.625. The maximum absolute atomic E-state index is 3.37. The third-order valence-corrected chi connectivity index (χ3v) is 4.24. The minimum absolute atomic E-state index is 0.668. The largest absolute Gasteiger partial charge is 0.317 e. The second-order valence-electron chi connectivity index (χ2n) is 5.30. The average Bonchev–Trinajstić information content (AvgIpc) is 2.30. The molecule has 94 valence electrons. The Balaban J connectivity index is 1.84. The van der Waals surface area contributed by atoms with E-state index >= 15 is 0 Å². The van der Waals surface area contributed by atoms with Gasteiger partial charge in [0.2, 0.25) is 0 Å². The van der Waals surface area contributed by atoms with Crippen LogP contribution >= 0.6 is 0 Å². The lowest BCUT2D eigenvalue weighted by molar-refractivity contribution is 0.419. The lowest BCUT2D eigenvalue weighted by atomic mass is 9.80.